The SMILES string of the molecule is CCCCCCC/C=C/CC/C=C/C(O)C(CO)NC(=O)C(O)CCCCCCCCCC. The van der Waals surface area contributed by atoms with Gasteiger partial charge in [0.05, 0.1) is 18.8 Å². The molecule has 0 saturated carbocycles. The van der Waals surface area contributed by atoms with Gasteiger partial charge in [-0.15, -0.1) is 0 Å². The Balaban J connectivity index is 3.97. The van der Waals surface area contributed by atoms with Crippen LogP contribution in [0.2, 0.25) is 0 Å². The van der Waals surface area contributed by atoms with Gasteiger partial charge in [0.2, 0.25) is 5.91 Å². The van der Waals surface area contributed by atoms with Gasteiger partial charge in [0.25, 0.3) is 0 Å². The highest BCUT2D eigenvalue weighted by Gasteiger charge is 2.22. The lowest BCUT2D eigenvalue weighted by atomic mass is 10.0. The minimum Gasteiger partial charge on any atom is -0.394 e. The van der Waals surface area contributed by atoms with E-state index in [0.29, 0.717) is 6.42 Å². The van der Waals surface area contributed by atoms with E-state index in [-0.39, 0.29) is 6.61 Å². The van der Waals surface area contributed by atoms with E-state index in [1.807, 2.05) is 6.08 Å². The van der Waals surface area contributed by atoms with Crippen molar-refractivity contribution >= 4 is 5.91 Å². The number of carbonyl (C=O) groups excluding carboxylic acids is 1. The normalized spacial score (nSPS) is 14.7. The summed E-state index contributed by atoms with van der Waals surface area (Å²) in [7, 11) is 0. The van der Waals surface area contributed by atoms with Crippen LogP contribution in [0.25, 0.3) is 0 Å². The van der Waals surface area contributed by atoms with Gasteiger partial charge in [-0.05, 0) is 32.1 Å². The Morgan fingerprint density at radius 1 is 0.727 bits per heavy atom. The molecule has 5 nitrogen and oxygen atoms in total. The van der Waals surface area contributed by atoms with Gasteiger partial charge in [-0.25, -0.2) is 0 Å². The Labute approximate surface area is 203 Å². The first kappa shape index (κ1) is 31.8. The molecule has 0 rings (SSSR count). The fraction of sp³-hybridized carbons (Fsp3) is 0.821. The molecule has 33 heavy (non-hydrogen) atoms. The number of unbranched alkanes of at least 4 members (excludes halogenated alkanes) is 13. The second-order valence-electron chi connectivity index (χ2n) is 9.25. The van der Waals surface area contributed by atoms with Crippen molar-refractivity contribution in [2.45, 2.75) is 141 Å². The van der Waals surface area contributed by atoms with Crippen LogP contribution >= 0.6 is 0 Å². The third-order valence-electron chi connectivity index (χ3n) is 6.04. The van der Waals surface area contributed by atoms with Gasteiger partial charge in [-0.2, -0.15) is 0 Å². The van der Waals surface area contributed by atoms with Gasteiger partial charge in [-0.1, -0.05) is 115 Å². The Morgan fingerprint density at radius 2 is 1.24 bits per heavy atom. The summed E-state index contributed by atoms with van der Waals surface area (Å²) in [5.41, 5.74) is 0. The summed E-state index contributed by atoms with van der Waals surface area (Å²) >= 11 is 0. The maximum atomic E-state index is 12.2. The molecular weight excluding hydrogens is 414 g/mol. The first-order valence-corrected chi connectivity index (χ1v) is 13.7. The number of aliphatic hydroxyl groups excluding tert-OH is 3. The van der Waals surface area contributed by atoms with E-state index >= 15 is 0 Å². The molecule has 0 heterocycles. The summed E-state index contributed by atoms with van der Waals surface area (Å²) in [6.45, 7) is 4.06. The van der Waals surface area contributed by atoms with E-state index in [0.717, 1.165) is 38.5 Å². The summed E-state index contributed by atoms with van der Waals surface area (Å²) < 4.78 is 0. The minimum atomic E-state index is -1.09. The molecule has 3 unspecified atom stereocenters. The maximum Gasteiger partial charge on any atom is 0.249 e. The zero-order valence-electron chi connectivity index (χ0n) is 21.5. The van der Waals surface area contributed by atoms with Crippen LogP contribution in [-0.2, 0) is 4.79 Å². The van der Waals surface area contributed by atoms with Gasteiger partial charge >= 0.3 is 0 Å². The molecule has 3 atom stereocenters. The summed E-state index contributed by atoms with van der Waals surface area (Å²) in [5.74, 6) is -0.522. The number of hydrogen-bond donors (Lipinski definition) is 4. The minimum absolute atomic E-state index is 0.375. The van der Waals surface area contributed by atoms with Gasteiger partial charge < -0.3 is 20.6 Å². The Morgan fingerprint density at radius 3 is 1.85 bits per heavy atom. The van der Waals surface area contributed by atoms with Crippen LogP contribution in [0.3, 0.4) is 0 Å². The van der Waals surface area contributed by atoms with E-state index in [4.69, 9.17) is 0 Å². The lowest BCUT2D eigenvalue weighted by molar-refractivity contribution is -0.131. The first-order valence-electron chi connectivity index (χ1n) is 13.7. The smallest absolute Gasteiger partial charge is 0.249 e. The molecule has 0 fully saturated rings. The topological polar surface area (TPSA) is 89.8 Å². The Hall–Kier alpha value is -1.17. The first-order chi connectivity index (χ1) is 16.1. The third kappa shape index (κ3) is 20.0. The average molecular weight is 468 g/mol. The predicted molar refractivity (Wildman–Crippen MR) is 139 cm³/mol. The number of amides is 1. The molecule has 0 spiro atoms. The Bertz CT molecular complexity index is 492. The van der Waals surface area contributed by atoms with E-state index in [2.05, 4.69) is 31.3 Å². The van der Waals surface area contributed by atoms with Crippen LogP contribution < -0.4 is 5.32 Å². The molecule has 0 aromatic heterocycles. The van der Waals surface area contributed by atoms with Crippen molar-refractivity contribution in [3.05, 3.63) is 24.3 Å². The van der Waals surface area contributed by atoms with Gasteiger partial charge in [-0.3, -0.25) is 4.79 Å². The zero-order valence-corrected chi connectivity index (χ0v) is 21.5. The molecule has 0 aromatic carbocycles. The highest BCUT2D eigenvalue weighted by Crippen LogP contribution is 2.11. The fourth-order valence-electron chi connectivity index (χ4n) is 3.78. The van der Waals surface area contributed by atoms with E-state index in [1.165, 1.54) is 64.2 Å². The summed E-state index contributed by atoms with van der Waals surface area (Å²) in [4.78, 5) is 12.2. The fourth-order valence-corrected chi connectivity index (χ4v) is 3.78. The molecular formula is C28H53NO4. The maximum absolute atomic E-state index is 12.2. The van der Waals surface area contributed by atoms with Crippen LogP contribution in [0.4, 0.5) is 0 Å². The molecule has 0 radical (unpaired) electrons. The lowest BCUT2D eigenvalue weighted by Gasteiger charge is -2.21. The number of hydrogen-bond acceptors (Lipinski definition) is 4. The highest BCUT2D eigenvalue weighted by molar-refractivity contribution is 5.80. The predicted octanol–water partition coefficient (Wildman–Crippen LogP) is 5.97. The van der Waals surface area contributed by atoms with Crippen LogP contribution in [0.5, 0.6) is 0 Å². The largest absolute Gasteiger partial charge is 0.394 e. The molecule has 0 aromatic rings. The number of rotatable bonds is 23. The van der Waals surface area contributed by atoms with E-state index in [1.54, 1.807) is 6.08 Å². The van der Waals surface area contributed by atoms with Gasteiger partial charge in [0.1, 0.15) is 6.10 Å². The molecule has 1 amide bonds. The number of allylic oxidation sites excluding steroid dienone is 3. The summed E-state index contributed by atoms with van der Waals surface area (Å²) in [5, 5.41) is 32.5. The lowest BCUT2D eigenvalue weighted by Crippen LogP contribution is -2.48. The van der Waals surface area contributed by atoms with Crippen molar-refractivity contribution in [2.24, 2.45) is 0 Å². The molecule has 0 saturated heterocycles. The van der Waals surface area contributed by atoms with Gasteiger partial charge in [0.15, 0.2) is 0 Å². The van der Waals surface area contributed by atoms with Crippen molar-refractivity contribution in [1.29, 1.82) is 0 Å². The highest BCUT2D eigenvalue weighted by atomic mass is 16.3. The molecule has 5 heteroatoms. The van der Waals surface area contributed by atoms with Gasteiger partial charge in [0, 0.05) is 0 Å². The van der Waals surface area contributed by atoms with E-state index < -0.39 is 24.2 Å². The molecule has 4 N–H and O–H groups in total. The van der Waals surface area contributed by atoms with Crippen molar-refractivity contribution in [1.82, 2.24) is 5.32 Å². The standard InChI is InChI=1S/C28H53NO4/c1-3-5-7-9-11-13-14-15-17-18-20-22-26(31)25(24-30)29-28(33)27(32)23-21-19-16-12-10-8-6-4-2/h14-15,20,22,25-27,30-32H,3-13,16-19,21,23-24H2,1-2H3,(H,29,33)/b15-14+,22-20+. The van der Waals surface area contributed by atoms with Crippen molar-refractivity contribution in [3.8, 4) is 0 Å². The summed E-state index contributed by atoms with van der Waals surface area (Å²) in [6, 6.07) is -0.805. The second kappa shape index (κ2) is 24.0. The molecule has 0 aliphatic rings. The van der Waals surface area contributed by atoms with E-state index in [9.17, 15) is 20.1 Å². The quantitative estimate of drug-likeness (QED) is 0.110. The molecule has 0 aliphatic heterocycles. The van der Waals surface area contributed by atoms with Crippen LogP contribution in [-0.4, -0.2) is 46.1 Å². The molecule has 194 valence electrons. The van der Waals surface area contributed by atoms with Crippen molar-refractivity contribution < 1.29 is 20.1 Å². The van der Waals surface area contributed by atoms with Crippen LogP contribution in [0, 0.1) is 0 Å². The summed E-state index contributed by atoms with van der Waals surface area (Å²) in [6.07, 6.45) is 24.8. The second-order valence-corrected chi connectivity index (χ2v) is 9.25. The Kier molecular flexibility index (Phi) is 23.1. The monoisotopic (exact) mass is 467 g/mol. The van der Waals surface area contributed by atoms with Crippen LogP contribution in [0.1, 0.15) is 123 Å². The molecule has 0 bridgehead atoms. The number of carbonyl (C=O) groups is 1. The van der Waals surface area contributed by atoms with Crippen molar-refractivity contribution in [3.63, 3.8) is 0 Å². The van der Waals surface area contributed by atoms with Crippen molar-refractivity contribution in [2.75, 3.05) is 6.61 Å². The average Bonchev–Trinajstić information content (AvgIpc) is 2.82. The number of nitrogens with one attached hydrogen (secondary N) is 1. The molecule has 0 aliphatic carbocycles. The van der Waals surface area contributed by atoms with Crippen LogP contribution in [0.15, 0.2) is 24.3 Å². The third-order valence-corrected chi connectivity index (χ3v) is 6.04. The zero-order chi connectivity index (χ0) is 24.6. The number of aliphatic hydroxyl groups is 3.